The number of ether oxygens (including phenoxy) is 1. The van der Waals surface area contributed by atoms with Crippen molar-refractivity contribution >= 4 is 6.08 Å². The molecule has 0 aliphatic carbocycles. The fourth-order valence-corrected chi connectivity index (χ4v) is 1.60. The third kappa shape index (κ3) is 3.85. The van der Waals surface area contributed by atoms with Crippen LogP contribution >= 0.6 is 0 Å². The van der Waals surface area contributed by atoms with Crippen LogP contribution in [0.15, 0.2) is 41.5 Å². The summed E-state index contributed by atoms with van der Waals surface area (Å²) in [4.78, 5) is 18.1. The van der Waals surface area contributed by atoms with E-state index in [0.717, 1.165) is 12.1 Å². The lowest BCUT2D eigenvalue weighted by atomic mass is 10.1. The van der Waals surface area contributed by atoms with Gasteiger partial charge in [0.25, 0.3) is 5.56 Å². The van der Waals surface area contributed by atoms with E-state index in [-0.39, 0.29) is 11.4 Å². The number of alkyl halides is 3. The number of hydrogen-bond acceptors (Lipinski definition) is 4. The smallest absolute Gasteiger partial charge is 0.406 e. The van der Waals surface area contributed by atoms with E-state index in [1.807, 2.05) is 0 Å². The first-order chi connectivity index (χ1) is 9.89. The number of nitrogens with zero attached hydrogens (tertiary/aromatic N) is 1. The van der Waals surface area contributed by atoms with Gasteiger partial charge in [-0.3, -0.25) is 4.79 Å². The molecule has 0 fully saturated rings. The molecule has 110 valence electrons. The number of hydrogen-bond donors (Lipinski definition) is 2. The molecule has 0 radical (unpaired) electrons. The highest BCUT2D eigenvalue weighted by Gasteiger charge is 2.30. The molecule has 1 aromatic carbocycles. The van der Waals surface area contributed by atoms with Gasteiger partial charge in [0, 0.05) is 0 Å². The van der Waals surface area contributed by atoms with Gasteiger partial charge in [-0.15, -0.1) is 13.2 Å². The van der Waals surface area contributed by atoms with Crippen LogP contribution in [0.2, 0.25) is 0 Å². The molecule has 0 bridgehead atoms. The van der Waals surface area contributed by atoms with Crippen LogP contribution < -0.4 is 16.0 Å². The second-order valence-electron chi connectivity index (χ2n) is 3.94. The second kappa shape index (κ2) is 5.70. The molecule has 3 N–H and O–H groups in total. The van der Waals surface area contributed by atoms with Crippen LogP contribution in [0.4, 0.5) is 13.2 Å². The standard InChI is InChI=1S/C13H10F3N3O2/c14-13(15,16)21-9-3-1-8(2-4-9)11-7-18-10(5-6-17)12(20)19-11/h1-7H,17H2,(H,19,20). The van der Waals surface area contributed by atoms with Crippen molar-refractivity contribution in [2.75, 3.05) is 0 Å². The highest BCUT2D eigenvalue weighted by Crippen LogP contribution is 2.25. The number of benzene rings is 1. The van der Waals surface area contributed by atoms with Gasteiger partial charge in [0.1, 0.15) is 11.4 Å². The van der Waals surface area contributed by atoms with Crippen LogP contribution in [-0.4, -0.2) is 16.3 Å². The third-order valence-electron chi connectivity index (χ3n) is 2.47. The predicted octanol–water partition coefficient (Wildman–Crippen LogP) is 2.26. The molecule has 0 aliphatic rings. The molecule has 0 aliphatic heterocycles. The fraction of sp³-hybridized carbons (Fsp3) is 0.0769. The fourth-order valence-electron chi connectivity index (χ4n) is 1.60. The molecule has 5 nitrogen and oxygen atoms in total. The number of aromatic amines is 1. The summed E-state index contributed by atoms with van der Waals surface area (Å²) in [6.45, 7) is 0. The highest BCUT2D eigenvalue weighted by atomic mass is 19.4. The van der Waals surface area contributed by atoms with Crippen molar-refractivity contribution in [3.63, 3.8) is 0 Å². The zero-order valence-electron chi connectivity index (χ0n) is 10.5. The number of nitrogens with one attached hydrogen (secondary N) is 1. The molecule has 2 rings (SSSR count). The molecule has 0 amide bonds. The molecule has 0 spiro atoms. The molecular formula is C13H10F3N3O2. The van der Waals surface area contributed by atoms with E-state index in [9.17, 15) is 18.0 Å². The summed E-state index contributed by atoms with van der Waals surface area (Å²) < 4.78 is 39.9. The maximum atomic E-state index is 12.0. The van der Waals surface area contributed by atoms with Gasteiger partial charge in [0.15, 0.2) is 0 Å². The van der Waals surface area contributed by atoms with Crippen molar-refractivity contribution in [2.24, 2.45) is 5.73 Å². The molecule has 8 heteroatoms. The third-order valence-corrected chi connectivity index (χ3v) is 2.47. The Kier molecular flexibility index (Phi) is 3.97. The van der Waals surface area contributed by atoms with E-state index in [2.05, 4.69) is 14.7 Å². The molecule has 2 aromatic rings. The van der Waals surface area contributed by atoms with Gasteiger partial charge in [0.05, 0.1) is 11.9 Å². The number of aromatic nitrogens is 2. The molecule has 1 heterocycles. The molecular weight excluding hydrogens is 287 g/mol. The van der Waals surface area contributed by atoms with E-state index < -0.39 is 11.9 Å². The number of halogens is 3. The van der Waals surface area contributed by atoms with Crippen molar-refractivity contribution in [3.8, 4) is 17.0 Å². The van der Waals surface area contributed by atoms with Crippen LogP contribution in [0.25, 0.3) is 17.3 Å². The first-order valence-corrected chi connectivity index (χ1v) is 5.73. The van der Waals surface area contributed by atoms with E-state index >= 15 is 0 Å². The number of nitrogens with two attached hydrogens (primary N) is 1. The van der Waals surface area contributed by atoms with Crippen LogP contribution in [0.3, 0.4) is 0 Å². The average Bonchev–Trinajstić information content (AvgIpc) is 2.40. The minimum Gasteiger partial charge on any atom is -0.406 e. The Hall–Kier alpha value is -2.77. The lowest BCUT2D eigenvalue weighted by Crippen LogP contribution is -2.17. The summed E-state index contributed by atoms with van der Waals surface area (Å²) in [5.74, 6) is -0.343. The zero-order chi connectivity index (χ0) is 15.5. The summed E-state index contributed by atoms with van der Waals surface area (Å²) >= 11 is 0. The Labute approximate surface area is 116 Å². The van der Waals surface area contributed by atoms with Crippen LogP contribution in [0.1, 0.15) is 5.69 Å². The molecule has 0 unspecified atom stereocenters. The minimum atomic E-state index is -4.74. The van der Waals surface area contributed by atoms with Crippen LogP contribution in [0, 0.1) is 0 Å². The Morgan fingerprint density at radius 2 is 1.90 bits per heavy atom. The van der Waals surface area contributed by atoms with Crippen molar-refractivity contribution in [1.29, 1.82) is 0 Å². The Morgan fingerprint density at radius 3 is 2.43 bits per heavy atom. The second-order valence-corrected chi connectivity index (χ2v) is 3.94. The molecule has 0 saturated carbocycles. The van der Waals surface area contributed by atoms with E-state index in [0.29, 0.717) is 11.3 Å². The Morgan fingerprint density at radius 1 is 1.24 bits per heavy atom. The van der Waals surface area contributed by atoms with Crippen LogP contribution in [0.5, 0.6) is 5.75 Å². The summed E-state index contributed by atoms with van der Waals surface area (Å²) in [5.41, 5.74) is 5.72. The SMILES string of the molecule is NC=Cc1ncc(-c2ccc(OC(F)(F)F)cc2)[nH]c1=O. The van der Waals surface area contributed by atoms with E-state index in [4.69, 9.17) is 5.73 Å². The Bertz CT molecular complexity index is 706. The summed E-state index contributed by atoms with van der Waals surface area (Å²) in [6.07, 6.45) is -0.840. The molecule has 0 atom stereocenters. The van der Waals surface area contributed by atoms with Gasteiger partial charge in [-0.05, 0) is 42.1 Å². The van der Waals surface area contributed by atoms with Crippen molar-refractivity contribution in [2.45, 2.75) is 6.36 Å². The quantitative estimate of drug-likeness (QED) is 0.910. The lowest BCUT2D eigenvalue weighted by molar-refractivity contribution is -0.274. The average molecular weight is 297 g/mol. The summed E-state index contributed by atoms with van der Waals surface area (Å²) in [5, 5.41) is 0. The number of rotatable bonds is 3. The normalized spacial score (nSPS) is 11.8. The maximum absolute atomic E-state index is 12.0. The van der Waals surface area contributed by atoms with E-state index in [1.165, 1.54) is 30.6 Å². The van der Waals surface area contributed by atoms with Gasteiger partial charge in [-0.1, -0.05) is 0 Å². The maximum Gasteiger partial charge on any atom is 0.573 e. The predicted molar refractivity (Wildman–Crippen MR) is 70.2 cm³/mol. The van der Waals surface area contributed by atoms with Crippen LogP contribution in [-0.2, 0) is 0 Å². The van der Waals surface area contributed by atoms with Crippen molar-refractivity contribution < 1.29 is 17.9 Å². The first-order valence-electron chi connectivity index (χ1n) is 5.73. The van der Waals surface area contributed by atoms with Gasteiger partial charge < -0.3 is 15.5 Å². The lowest BCUT2D eigenvalue weighted by Gasteiger charge is -2.09. The van der Waals surface area contributed by atoms with Gasteiger partial charge >= 0.3 is 6.36 Å². The summed E-state index contributed by atoms with van der Waals surface area (Å²) in [7, 11) is 0. The highest BCUT2D eigenvalue weighted by molar-refractivity contribution is 5.59. The molecule has 0 saturated heterocycles. The number of H-pyrrole nitrogens is 1. The first kappa shape index (κ1) is 14.6. The van der Waals surface area contributed by atoms with Crippen molar-refractivity contribution in [3.05, 3.63) is 52.7 Å². The monoisotopic (exact) mass is 297 g/mol. The zero-order valence-corrected chi connectivity index (χ0v) is 10.5. The topological polar surface area (TPSA) is 81.0 Å². The van der Waals surface area contributed by atoms with Gasteiger partial charge in [-0.25, -0.2) is 4.98 Å². The summed E-state index contributed by atoms with van der Waals surface area (Å²) in [6, 6.07) is 5.06. The van der Waals surface area contributed by atoms with Crippen molar-refractivity contribution in [1.82, 2.24) is 9.97 Å². The molecule has 1 aromatic heterocycles. The van der Waals surface area contributed by atoms with E-state index in [1.54, 1.807) is 0 Å². The largest absolute Gasteiger partial charge is 0.573 e. The minimum absolute atomic E-state index is 0.137. The molecule has 21 heavy (non-hydrogen) atoms. The van der Waals surface area contributed by atoms with Gasteiger partial charge in [0.2, 0.25) is 0 Å². The Balaban J connectivity index is 2.27. The van der Waals surface area contributed by atoms with Gasteiger partial charge in [-0.2, -0.15) is 0 Å².